The summed E-state index contributed by atoms with van der Waals surface area (Å²) in [6.07, 6.45) is 4.11. The molecule has 1 aliphatic carbocycles. The number of aromatic nitrogens is 1. The Morgan fingerprint density at radius 1 is 1.38 bits per heavy atom. The Bertz CT molecular complexity index is 334. The van der Waals surface area contributed by atoms with Crippen LogP contribution in [0.2, 0.25) is 0 Å². The molecule has 0 aliphatic heterocycles. The lowest BCUT2D eigenvalue weighted by atomic mass is 9.80. The Hall–Kier alpha value is -1.25. The van der Waals surface area contributed by atoms with Crippen LogP contribution in [0.5, 0.6) is 0 Å². The lowest BCUT2D eigenvalue weighted by Gasteiger charge is -2.32. The smallest absolute Gasteiger partial charge is 0.128 e. The molecule has 16 heavy (non-hydrogen) atoms. The molecular weight excluding hydrogens is 198 g/mol. The average molecular weight is 219 g/mol. The van der Waals surface area contributed by atoms with Crippen molar-refractivity contribution in [1.29, 1.82) is 0 Å². The predicted molar refractivity (Wildman–Crippen MR) is 68.8 cm³/mol. The molecule has 1 fully saturated rings. The van der Waals surface area contributed by atoms with Gasteiger partial charge in [0.2, 0.25) is 0 Å². The van der Waals surface area contributed by atoms with Crippen LogP contribution in [0.25, 0.3) is 0 Å². The molecule has 3 nitrogen and oxygen atoms in total. The molecule has 1 unspecified atom stereocenters. The molecule has 3 heteroatoms. The van der Waals surface area contributed by atoms with Crippen LogP contribution < -0.4 is 10.6 Å². The van der Waals surface area contributed by atoms with Crippen LogP contribution in [-0.4, -0.2) is 17.6 Å². The van der Waals surface area contributed by atoms with Gasteiger partial charge in [-0.05, 0) is 44.7 Å². The van der Waals surface area contributed by atoms with Crippen LogP contribution in [0, 0.1) is 5.92 Å². The van der Waals surface area contributed by atoms with Gasteiger partial charge in [0.1, 0.15) is 11.6 Å². The summed E-state index contributed by atoms with van der Waals surface area (Å²) >= 11 is 0. The molecule has 0 amide bonds. The first-order valence-electron chi connectivity index (χ1n) is 6.27. The second kappa shape index (κ2) is 5.19. The van der Waals surface area contributed by atoms with Crippen molar-refractivity contribution in [1.82, 2.24) is 4.98 Å². The molecule has 1 aliphatic rings. The standard InChI is InChI=1S/C13H21N3/c1-3-14-12-8-5-9-13(16-12)15-10(2)11-6-4-7-11/h5,8-11H,3-4,6-7H2,1-2H3,(H2,14,15,16). The van der Waals surface area contributed by atoms with E-state index in [1.807, 2.05) is 18.2 Å². The molecule has 1 aromatic heterocycles. The first-order chi connectivity index (χ1) is 7.79. The highest BCUT2D eigenvalue weighted by molar-refractivity contribution is 5.45. The molecule has 0 radical (unpaired) electrons. The molecule has 2 N–H and O–H groups in total. The number of hydrogen-bond acceptors (Lipinski definition) is 3. The van der Waals surface area contributed by atoms with E-state index in [1.54, 1.807) is 0 Å². The third-order valence-electron chi connectivity index (χ3n) is 3.34. The first-order valence-corrected chi connectivity index (χ1v) is 6.27. The Labute approximate surface area is 97.7 Å². The summed E-state index contributed by atoms with van der Waals surface area (Å²) in [6.45, 7) is 5.25. The van der Waals surface area contributed by atoms with Gasteiger partial charge in [0.25, 0.3) is 0 Å². The molecule has 1 heterocycles. The van der Waals surface area contributed by atoms with Crippen molar-refractivity contribution in [2.24, 2.45) is 5.92 Å². The van der Waals surface area contributed by atoms with E-state index in [9.17, 15) is 0 Å². The van der Waals surface area contributed by atoms with Crippen molar-refractivity contribution in [2.45, 2.75) is 39.2 Å². The first kappa shape index (κ1) is 11.2. The maximum Gasteiger partial charge on any atom is 0.128 e. The minimum absolute atomic E-state index is 0.540. The van der Waals surface area contributed by atoms with Crippen molar-refractivity contribution >= 4 is 11.6 Å². The predicted octanol–water partition coefficient (Wildman–Crippen LogP) is 3.11. The van der Waals surface area contributed by atoms with E-state index >= 15 is 0 Å². The second-order valence-electron chi connectivity index (χ2n) is 4.56. The van der Waals surface area contributed by atoms with E-state index in [1.165, 1.54) is 19.3 Å². The normalized spacial score (nSPS) is 17.6. The van der Waals surface area contributed by atoms with Crippen molar-refractivity contribution in [2.75, 3.05) is 17.2 Å². The maximum absolute atomic E-state index is 4.52. The zero-order valence-electron chi connectivity index (χ0n) is 10.2. The summed E-state index contributed by atoms with van der Waals surface area (Å²) in [6, 6.07) is 6.62. The summed E-state index contributed by atoms with van der Waals surface area (Å²) in [5.74, 6) is 2.77. The van der Waals surface area contributed by atoms with E-state index < -0.39 is 0 Å². The number of hydrogen-bond donors (Lipinski definition) is 2. The number of anilines is 2. The van der Waals surface area contributed by atoms with Crippen molar-refractivity contribution < 1.29 is 0 Å². The molecule has 2 rings (SSSR count). The fourth-order valence-corrected chi connectivity index (χ4v) is 2.09. The van der Waals surface area contributed by atoms with Gasteiger partial charge in [0.15, 0.2) is 0 Å². The Morgan fingerprint density at radius 2 is 2.12 bits per heavy atom. The van der Waals surface area contributed by atoms with Crippen LogP contribution in [0.1, 0.15) is 33.1 Å². The van der Waals surface area contributed by atoms with Gasteiger partial charge in [0, 0.05) is 12.6 Å². The topological polar surface area (TPSA) is 37.0 Å². The second-order valence-corrected chi connectivity index (χ2v) is 4.56. The van der Waals surface area contributed by atoms with Crippen LogP contribution >= 0.6 is 0 Å². The molecule has 0 aromatic carbocycles. The lowest BCUT2D eigenvalue weighted by Crippen LogP contribution is -2.31. The third-order valence-corrected chi connectivity index (χ3v) is 3.34. The van der Waals surface area contributed by atoms with Gasteiger partial charge >= 0.3 is 0 Å². The summed E-state index contributed by atoms with van der Waals surface area (Å²) in [4.78, 5) is 4.52. The minimum atomic E-state index is 0.540. The maximum atomic E-state index is 4.52. The fraction of sp³-hybridized carbons (Fsp3) is 0.615. The Morgan fingerprint density at radius 3 is 2.75 bits per heavy atom. The highest BCUT2D eigenvalue weighted by Gasteiger charge is 2.23. The number of nitrogens with one attached hydrogen (secondary N) is 2. The molecule has 1 atom stereocenters. The Kier molecular flexibility index (Phi) is 3.65. The van der Waals surface area contributed by atoms with Gasteiger partial charge in [-0.25, -0.2) is 4.98 Å². The SMILES string of the molecule is CCNc1cccc(NC(C)C2CCC2)n1. The molecular formula is C13H21N3. The van der Waals surface area contributed by atoms with Gasteiger partial charge in [-0.3, -0.25) is 0 Å². The van der Waals surface area contributed by atoms with E-state index in [4.69, 9.17) is 0 Å². The van der Waals surface area contributed by atoms with E-state index in [0.29, 0.717) is 6.04 Å². The molecule has 0 bridgehead atoms. The molecule has 0 saturated heterocycles. The number of rotatable bonds is 5. The van der Waals surface area contributed by atoms with Gasteiger partial charge in [-0.2, -0.15) is 0 Å². The monoisotopic (exact) mass is 219 g/mol. The zero-order chi connectivity index (χ0) is 11.4. The van der Waals surface area contributed by atoms with Crippen LogP contribution in [-0.2, 0) is 0 Å². The number of nitrogens with zero attached hydrogens (tertiary/aromatic N) is 1. The molecule has 88 valence electrons. The molecule has 0 spiro atoms. The lowest BCUT2D eigenvalue weighted by molar-refractivity contribution is 0.285. The minimum Gasteiger partial charge on any atom is -0.370 e. The fourth-order valence-electron chi connectivity index (χ4n) is 2.09. The average Bonchev–Trinajstić information content (AvgIpc) is 2.15. The van der Waals surface area contributed by atoms with E-state index in [0.717, 1.165) is 24.1 Å². The zero-order valence-corrected chi connectivity index (χ0v) is 10.2. The van der Waals surface area contributed by atoms with E-state index in [-0.39, 0.29) is 0 Å². The third kappa shape index (κ3) is 2.65. The molecule has 1 aromatic rings. The van der Waals surface area contributed by atoms with Gasteiger partial charge in [-0.15, -0.1) is 0 Å². The molecule has 1 saturated carbocycles. The van der Waals surface area contributed by atoms with E-state index in [2.05, 4.69) is 29.5 Å². The van der Waals surface area contributed by atoms with Crippen LogP contribution in [0.4, 0.5) is 11.6 Å². The summed E-state index contributed by atoms with van der Waals surface area (Å²) < 4.78 is 0. The summed E-state index contributed by atoms with van der Waals surface area (Å²) in [7, 11) is 0. The summed E-state index contributed by atoms with van der Waals surface area (Å²) in [5.41, 5.74) is 0. The van der Waals surface area contributed by atoms with Gasteiger partial charge in [-0.1, -0.05) is 12.5 Å². The van der Waals surface area contributed by atoms with Gasteiger partial charge < -0.3 is 10.6 Å². The summed E-state index contributed by atoms with van der Waals surface area (Å²) in [5, 5.41) is 6.72. The number of pyridine rings is 1. The van der Waals surface area contributed by atoms with Crippen LogP contribution in [0.15, 0.2) is 18.2 Å². The quantitative estimate of drug-likeness (QED) is 0.799. The Balaban J connectivity index is 1.94. The highest BCUT2D eigenvalue weighted by Crippen LogP contribution is 2.30. The van der Waals surface area contributed by atoms with Crippen molar-refractivity contribution in [3.8, 4) is 0 Å². The van der Waals surface area contributed by atoms with Crippen molar-refractivity contribution in [3.05, 3.63) is 18.2 Å². The van der Waals surface area contributed by atoms with Crippen LogP contribution in [0.3, 0.4) is 0 Å². The van der Waals surface area contributed by atoms with Crippen molar-refractivity contribution in [3.63, 3.8) is 0 Å². The highest BCUT2D eigenvalue weighted by atomic mass is 15.1. The largest absolute Gasteiger partial charge is 0.370 e. The van der Waals surface area contributed by atoms with Gasteiger partial charge in [0.05, 0.1) is 0 Å².